The molecule has 2 nitrogen and oxygen atoms in total. The number of aromatic nitrogens is 2. The molecule has 0 bridgehead atoms. The number of hydrogen-bond acceptors (Lipinski definition) is 4. The molecule has 2 heterocycles. The van der Waals surface area contributed by atoms with Gasteiger partial charge in [0.1, 0.15) is 9.86 Å². The van der Waals surface area contributed by atoms with Crippen molar-refractivity contribution in [2.45, 2.75) is 38.6 Å². The van der Waals surface area contributed by atoms with E-state index in [4.69, 9.17) is 11.6 Å². The van der Waals surface area contributed by atoms with Gasteiger partial charge in [0, 0.05) is 10.3 Å². The van der Waals surface area contributed by atoms with Gasteiger partial charge in [0.25, 0.3) is 0 Å². The van der Waals surface area contributed by atoms with Crippen LogP contribution >= 0.6 is 34.7 Å². The Hall–Kier alpha value is -0.320. The predicted octanol–water partition coefficient (Wildman–Crippen LogP) is 5.05. The summed E-state index contributed by atoms with van der Waals surface area (Å²) < 4.78 is 0. The molecule has 98 valence electrons. The smallest absolute Gasteiger partial charge is 0.211 e. The van der Waals surface area contributed by atoms with Gasteiger partial charge in [-0.05, 0) is 42.2 Å². The Morgan fingerprint density at radius 1 is 1.39 bits per heavy atom. The molecule has 0 spiro atoms. The van der Waals surface area contributed by atoms with Gasteiger partial charge in [0.05, 0.1) is 0 Å². The number of aryl methyl sites for hydroxylation is 1. The normalized spacial score (nSPS) is 11.6. The molecule has 5 heteroatoms. The minimum Gasteiger partial charge on any atom is -0.211 e. The van der Waals surface area contributed by atoms with Crippen molar-refractivity contribution in [3.63, 3.8) is 0 Å². The fourth-order valence-corrected chi connectivity index (χ4v) is 4.14. The van der Waals surface area contributed by atoms with Gasteiger partial charge in [-0.25, -0.2) is 9.97 Å². The third-order valence-corrected chi connectivity index (χ3v) is 5.03. The van der Waals surface area contributed by atoms with Crippen LogP contribution in [0.25, 0.3) is 10.2 Å². The summed E-state index contributed by atoms with van der Waals surface area (Å²) in [6, 6.07) is 2.20. The first-order valence-corrected chi connectivity index (χ1v) is 8.37. The quantitative estimate of drug-likeness (QED) is 0.439. The molecule has 0 fully saturated rings. The van der Waals surface area contributed by atoms with E-state index in [-0.39, 0.29) is 0 Å². The monoisotopic (exact) mass is 300 g/mol. The van der Waals surface area contributed by atoms with Crippen molar-refractivity contribution < 1.29 is 0 Å². The predicted molar refractivity (Wildman–Crippen MR) is 82.0 cm³/mol. The van der Waals surface area contributed by atoms with Crippen LogP contribution in [0.3, 0.4) is 0 Å². The first-order valence-electron chi connectivity index (χ1n) is 6.19. The molecule has 0 aliphatic rings. The first kappa shape index (κ1) is 14.1. The Morgan fingerprint density at radius 2 is 2.17 bits per heavy atom. The fraction of sp³-hybridized carbons (Fsp3) is 0.538. The van der Waals surface area contributed by atoms with Crippen LogP contribution in [0.4, 0.5) is 0 Å². The van der Waals surface area contributed by atoms with Gasteiger partial charge in [-0.15, -0.1) is 23.1 Å². The summed E-state index contributed by atoms with van der Waals surface area (Å²) in [5.74, 6) is 1.80. The second kappa shape index (κ2) is 6.22. The zero-order chi connectivity index (χ0) is 13.1. The molecule has 0 aliphatic heterocycles. The van der Waals surface area contributed by atoms with E-state index in [9.17, 15) is 0 Å². The Labute approximate surface area is 121 Å². The first-order chi connectivity index (χ1) is 8.60. The van der Waals surface area contributed by atoms with E-state index in [0.717, 1.165) is 33.3 Å². The van der Waals surface area contributed by atoms with E-state index in [0.29, 0.717) is 5.28 Å². The van der Waals surface area contributed by atoms with E-state index in [2.05, 4.69) is 36.8 Å². The van der Waals surface area contributed by atoms with Gasteiger partial charge >= 0.3 is 0 Å². The number of hydrogen-bond donors (Lipinski definition) is 0. The number of nitrogens with zero attached hydrogens (tertiary/aromatic N) is 2. The van der Waals surface area contributed by atoms with Gasteiger partial charge in [-0.3, -0.25) is 0 Å². The summed E-state index contributed by atoms with van der Waals surface area (Å²) in [5.41, 5.74) is 0. The molecule has 2 aromatic rings. The van der Waals surface area contributed by atoms with Crippen molar-refractivity contribution in [1.82, 2.24) is 9.97 Å². The molecule has 18 heavy (non-hydrogen) atoms. The van der Waals surface area contributed by atoms with Crippen molar-refractivity contribution in [3.05, 3.63) is 16.2 Å². The molecule has 0 aliphatic carbocycles. The van der Waals surface area contributed by atoms with Crippen LogP contribution in [0.15, 0.2) is 11.1 Å². The maximum Gasteiger partial charge on any atom is 0.224 e. The van der Waals surface area contributed by atoms with Crippen LogP contribution in [0.1, 0.15) is 32.1 Å². The lowest BCUT2D eigenvalue weighted by Gasteiger charge is -2.05. The second-order valence-electron chi connectivity index (χ2n) is 4.61. The van der Waals surface area contributed by atoms with Crippen molar-refractivity contribution in [1.29, 1.82) is 0 Å². The Morgan fingerprint density at radius 3 is 2.83 bits per heavy atom. The van der Waals surface area contributed by atoms with E-state index in [1.807, 2.05) is 0 Å². The summed E-state index contributed by atoms with van der Waals surface area (Å²) in [6.07, 6.45) is 2.23. The average Bonchev–Trinajstić information content (AvgIpc) is 2.71. The zero-order valence-electron chi connectivity index (χ0n) is 10.9. The molecule has 0 N–H and O–H groups in total. The highest BCUT2D eigenvalue weighted by atomic mass is 35.5. The number of thiophene rings is 1. The SMILES string of the molecule is CCc1cc2c(SCCC(C)C)nc(Cl)nc2s1. The number of fused-ring (bicyclic) bond motifs is 1. The van der Waals surface area contributed by atoms with Gasteiger partial charge < -0.3 is 0 Å². The lowest BCUT2D eigenvalue weighted by atomic mass is 10.2. The molecular formula is C13H17ClN2S2. The lowest BCUT2D eigenvalue weighted by molar-refractivity contribution is 0.632. The molecule has 0 aromatic carbocycles. The maximum absolute atomic E-state index is 5.99. The summed E-state index contributed by atoms with van der Waals surface area (Å²) >= 11 is 9.49. The minimum absolute atomic E-state index is 0.360. The molecule has 0 saturated heterocycles. The van der Waals surface area contributed by atoms with Crippen molar-refractivity contribution in [2.75, 3.05) is 5.75 Å². The summed E-state index contributed by atoms with van der Waals surface area (Å²) in [5, 5.41) is 2.55. The van der Waals surface area contributed by atoms with Gasteiger partial charge in [-0.2, -0.15) is 0 Å². The van der Waals surface area contributed by atoms with Gasteiger partial charge in [-0.1, -0.05) is 20.8 Å². The topological polar surface area (TPSA) is 25.8 Å². The van der Waals surface area contributed by atoms with Crippen LogP contribution in [0.2, 0.25) is 5.28 Å². The second-order valence-corrected chi connectivity index (χ2v) is 7.15. The van der Waals surface area contributed by atoms with Gasteiger partial charge in [0.15, 0.2) is 0 Å². The highest BCUT2D eigenvalue weighted by Gasteiger charge is 2.11. The molecule has 2 aromatic heterocycles. The van der Waals surface area contributed by atoms with Crippen LogP contribution in [0, 0.1) is 5.92 Å². The maximum atomic E-state index is 5.99. The van der Waals surface area contributed by atoms with Gasteiger partial charge in [0.2, 0.25) is 5.28 Å². The molecule has 0 radical (unpaired) electrons. The van der Waals surface area contributed by atoms with Crippen molar-refractivity contribution in [2.24, 2.45) is 5.92 Å². The number of rotatable bonds is 5. The number of thioether (sulfide) groups is 1. The molecule has 0 atom stereocenters. The van der Waals surface area contributed by atoms with Crippen LogP contribution in [0.5, 0.6) is 0 Å². The number of halogens is 1. The van der Waals surface area contributed by atoms with E-state index in [1.54, 1.807) is 23.1 Å². The minimum atomic E-state index is 0.360. The highest BCUT2D eigenvalue weighted by Crippen LogP contribution is 2.33. The van der Waals surface area contributed by atoms with Crippen LogP contribution in [-0.2, 0) is 6.42 Å². The Kier molecular flexibility index (Phi) is 4.87. The lowest BCUT2D eigenvalue weighted by Crippen LogP contribution is -1.92. The Bertz CT molecular complexity index is 537. The standard InChI is InChI=1S/C13H17ClN2S2/c1-4-9-7-10-11(17-6-5-8(2)3)15-13(14)16-12(10)18-9/h7-8H,4-6H2,1-3H3. The van der Waals surface area contributed by atoms with Crippen molar-refractivity contribution >= 4 is 44.9 Å². The molecule has 0 saturated carbocycles. The largest absolute Gasteiger partial charge is 0.224 e. The zero-order valence-corrected chi connectivity index (χ0v) is 13.3. The average molecular weight is 301 g/mol. The van der Waals surface area contributed by atoms with E-state index < -0.39 is 0 Å². The summed E-state index contributed by atoms with van der Waals surface area (Å²) in [4.78, 5) is 11.0. The summed E-state index contributed by atoms with van der Waals surface area (Å²) in [6.45, 7) is 6.64. The molecule has 2 rings (SSSR count). The van der Waals surface area contributed by atoms with Crippen LogP contribution in [-0.4, -0.2) is 15.7 Å². The summed E-state index contributed by atoms with van der Waals surface area (Å²) in [7, 11) is 0. The van der Waals surface area contributed by atoms with Crippen LogP contribution < -0.4 is 0 Å². The van der Waals surface area contributed by atoms with E-state index >= 15 is 0 Å². The molecular weight excluding hydrogens is 284 g/mol. The Balaban J connectivity index is 2.27. The third kappa shape index (κ3) is 3.37. The molecule has 0 amide bonds. The van der Waals surface area contributed by atoms with E-state index in [1.165, 1.54) is 11.3 Å². The van der Waals surface area contributed by atoms with Crippen molar-refractivity contribution in [3.8, 4) is 0 Å². The fourth-order valence-electron chi connectivity index (χ4n) is 1.60. The molecule has 0 unspecified atom stereocenters. The third-order valence-electron chi connectivity index (χ3n) is 2.66. The highest BCUT2D eigenvalue weighted by molar-refractivity contribution is 7.99.